The number of rotatable bonds is 6. The van der Waals surface area contributed by atoms with Crippen molar-refractivity contribution >= 4 is 21.6 Å². The van der Waals surface area contributed by atoms with E-state index in [1.165, 1.54) is 6.26 Å². The molecule has 9 heteroatoms. The summed E-state index contributed by atoms with van der Waals surface area (Å²) in [6.45, 7) is 2.74. The lowest BCUT2D eigenvalue weighted by Crippen LogP contribution is -2.62. The van der Waals surface area contributed by atoms with Gasteiger partial charge in [-0.3, -0.25) is 16.0 Å². The predicted molar refractivity (Wildman–Crippen MR) is 100 cm³/mol. The number of sulfone groups is 1. The van der Waals surface area contributed by atoms with E-state index in [1.807, 2.05) is 23.9 Å². The molecule has 4 unspecified atom stereocenters. The Hall–Kier alpha value is -0.680. The van der Waals surface area contributed by atoms with E-state index in [-0.39, 0.29) is 18.4 Å². The predicted octanol–water partition coefficient (Wildman–Crippen LogP) is -0.125. The molecule has 3 rings (SSSR count). The van der Waals surface area contributed by atoms with Crippen molar-refractivity contribution in [3.05, 3.63) is 29.8 Å². The number of hydrogen-bond acceptors (Lipinski definition) is 8. The molecule has 2 aliphatic rings. The van der Waals surface area contributed by atoms with Crippen LogP contribution in [0.2, 0.25) is 0 Å². The summed E-state index contributed by atoms with van der Waals surface area (Å²) in [5.41, 5.74) is 0.996. The SMILES string of the molecule is COC1NCC(NCC2CNCS2)NC1c1ccc(S(C)(=O)=O)cc1. The van der Waals surface area contributed by atoms with Crippen molar-refractivity contribution in [2.45, 2.75) is 28.6 Å². The van der Waals surface area contributed by atoms with Crippen molar-refractivity contribution in [3.63, 3.8) is 0 Å². The number of hydrogen-bond donors (Lipinski definition) is 4. The Morgan fingerprint density at radius 1 is 1.28 bits per heavy atom. The Morgan fingerprint density at radius 2 is 2.04 bits per heavy atom. The lowest BCUT2D eigenvalue weighted by Gasteiger charge is -2.38. The number of nitrogens with one attached hydrogen (secondary N) is 4. The second-order valence-electron chi connectivity index (χ2n) is 6.40. The zero-order valence-electron chi connectivity index (χ0n) is 14.5. The number of benzene rings is 1. The molecule has 0 aromatic heterocycles. The number of ether oxygens (including phenoxy) is 1. The van der Waals surface area contributed by atoms with Crippen LogP contribution in [0, 0.1) is 0 Å². The second-order valence-corrected chi connectivity index (χ2v) is 9.70. The van der Waals surface area contributed by atoms with Gasteiger partial charge in [-0.15, -0.1) is 11.8 Å². The fraction of sp³-hybridized carbons (Fsp3) is 0.625. The standard InChI is InChI=1S/C16H26N4O3S2/c1-23-16-15(11-3-5-13(6-4-11)25(2,21)22)20-14(9-19-16)18-8-12-7-17-10-24-12/h3-6,12,14-20H,7-10H2,1-2H3. The second kappa shape index (κ2) is 8.34. The molecule has 2 heterocycles. The molecule has 4 atom stereocenters. The third-order valence-electron chi connectivity index (χ3n) is 4.51. The largest absolute Gasteiger partial charge is 0.365 e. The molecule has 0 bridgehead atoms. The van der Waals surface area contributed by atoms with Gasteiger partial charge < -0.3 is 10.1 Å². The highest BCUT2D eigenvalue weighted by atomic mass is 32.2. The van der Waals surface area contributed by atoms with E-state index in [0.29, 0.717) is 10.1 Å². The lowest BCUT2D eigenvalue weighted by molar-refractivity contribution is 0.0123. The smallest absolute Gasteiger partial charge is 0.175 e. The molecule has 4 N–H and O–H groups in total. The molecule has 2 saturated heterocycles. The first-order valence-corrected chi connectivity index (χ1v) is 11.3. The molecule has 1 aromatic rings. The molecule has 25 heavy (non-hydrogen) atoms. The van der Waals surface area contributed by atoms with Gasteiger partial charge in [0.05, 0.1) is 17.1 Å². The van der Waals surface area contributed by atoms with E-state index in [4.69, 9.17) is 4.74 Å². The number of piperazine rings is 1. The summed E-state index contributed by atoms with van der Waals surface area (Å²) < 4.78 is 28.8. The topological polar surface area (TPSA) is 91.5 Å². The van der Waals surface area contributed by atoms with Crippen molar-refractivity contribution in [1.29, 1.82) is 0 Å². The molecule has 140 valence electrons. The maximum Gasteiger partial charge on any atom is 0.175 e. The van der Waals surface area contributed by atoms with E-state index >= 15 is 0 Å². The number of methoxy groups -OCH3 is 1. The van der Waals surface area contributed by atoms with Gasteiger partial charge in [0, 0.05) is 44.1 Å². The monoisotopic (exact) mass is 386 g/mol. The Morgan fingerprint density at radius 3 is 2.64 bits per heavy atom. The van der Waals surface area contributed by atoms with Crippen LogP contribution in [-0.4, -0.2) is 64.9 Å². The summed E-state index contributed by atoms with van der Waals surface area (Å²) >= 11 is 1.93. The molecule has 0 amide bonds. The van der Waals surface area contributed by atoms with E-state index in [1.54, 1.807) is 19.2 Å². The van der Waals surface area contributed by atoms with Crippen molar-refractivity contribution in [2.24, 2.45) is 0 Å². The van der Waals surface area contributed by atoms with Gasteiger partial charge in [0.15, 0.2) is 9.84 Å². The Balaban J connectivity index is 1.66. The average Bonchev–Trinajstić information content (AvgIpc) is 3.12. The summed E-state index contributed by atoms with van der Waals surface area (Å²) in [6, 6.07) is 6.94. The zero-order valence-corrected chi connectivity index (χ0v) is 16.1. The van der Waals surface area contributed by atoms with Crippen LogP contribution >= 0.6 is 11.8 Å². The van der Waals surface area contributed by atoms with Gasteiger partial charge in [-0.1, -0.05) is 12.1 Å². The average molecular weight is 387 g/mol. The molecule has 2 fully saturated rings. The Labute approximate surface area is 153 Å². The van der Waals surface area contributed by atoms with Crippen molar-refractivity contribution < 1.29 is 13.2 Å². The van der Waals surface area contributed by atoms with E-state index in [0.717, 1.165) is 31.1 Å². The van der Waals surface area contributed by atoms with Crippen LogP contribution in [0.1, 0.15) is 11.6 Å². The van der Waals surface area contributed by atoms with Crippen LogP contribution in [0.3, 0.4) is 0 Å². The van der Waals surface area contributed by atoms with Gasteiger partial charge in [0.2, 0.25) is 0 Å². The number of thioether (sulfide) groups is 1. The maximum absolute atomic E-state index is 11.6. The first kappa shape index (κ1) is 19.1. The van der Waals surface area contributed by atoms with Gasteiger partial charge >= 0.3 is 0 Å². The van der Waals surface area contributed by atoms with Gasteiger partial charge in [0.25, 0.3) is 0 Å². The van der Waals surface area contributed by atoms with E-state index in [2.05, 4.69) is 21.3 Å². The minimum atomic E-state index is -3.19. The van der Waals surface area contributed by atoms with Gasteiger partial charge in [-0.05, 0) is 17.7 Å². The Kier molecular flexibility index (Phi) is 6.37. The van der Waals surface area contributed by atoms with Crippen LogP contribution in [-0.2, 0) is 14.6 Å². The highest BCUT2D eigenvalue weighted by Gasteiger charge is 2.31. The van der Waals surface area contributed by atoms with Gasteiger partial charge in [-0.2, -0.15) is 0 Å². The molecule has 2 aliphatic heterocycles. The molecule has 0 spiro atoms. The summed E-state index contributed by atoms with van der Waals surface area (Å²) in [7, 11) is -1.51. The van der Waals surface area contributed by atoms with Crippen molar-refractivity contribution in [3.8, 4) is 0 Å². The van der Waals surface area contributed by atoms with Gasteiger partial charge in [-0.25, -0.2) is 8.42 Å². The summed E-state index contributed by atoms with van der Waals surface area (Å²) in [4.78, 5) is 0.328. The molecular weight excluding hydrogens is 360 g/mol. The zero-order chi connectivity index (χ0) is 17.9. The van der Waals surface area contributed by atoms with Crippen molar-refractivity contribution in [1.82, 2.24) is 21.3 Å². The Bertz CT molecular complexity index is 662. The van der Waals surface area contributed by atoms with Crippen LogP contribution in [0.15, 0.2) is 29.2 Å². The van der Waals surface area contributed by atoms with Crippen LogP contribution in [0.5, 0.6) is 0 Å². The molecular formula is C16H26N4O3S2. The van der Waals surface area contributed by atoms with Crippen molar-refractivity contribution in [2.75, 3.05) is 38.9 Å². The highest BCUT2D eigenvalue weighted by molar-refractivity contribution is 8.00. The third kappa shape index (κ3) is 4.94. The van der Waals surface area contributed by atoms with Crippen LogP contribution in [0.4, 0.5) is 0 Å². The maximum atomic E-state index is 11.6. The molecule has 7 nitrogen and oxygen atoms in total. The highest BCUT2D eigenvalue weighted by Crippen LogP contribution is 2.23. The van der Waals surface area contributed by atoms with Gasteiger partial charge in [0.1, 0.15) is 6.23 Å². The summed E-state index contributed by atoms with van der Waals surface area (Å²) in [5, 5.41) is 14.5. The lowest BCUT2D eigenvalue weighted by atomic mass is 10.0. The first-order valence-electron chi connectivity index (χ1n) is 8.35. The van der Waals surface area contributed by atoms with E-state index < -0.39 is 9.84 Å². The minimum Gasteiger partial charge on any atom is -0.365 e. The summed E-state index contributed by atoms with van der Waals surface area (Å²) in [6.07, 6.45) is 1.19. The fourth-order valence-corrected chi connectivity index (χ4v) is 4.67. The molecule has 0 saturated carbocycles. The molecule has 0 radical (unpaired) electrons. The fourth-order valence-electron chi connectivity index (χ4n) is 3.12. The normalized spacial score (nSPS) is 30.5. The first-order chi connectivity index (χ1) is 12.0. The quantitative estimate of drug-likeness (QED) is 0.538. The molecule has 0 aliphatic carbocycles. The van der Waals surface area contributed by atoms with Crippen LogP contribution in [0.25, 0.3) is 0 Å². The minimum absolute atomic E-state index is 0.0563. The third-order valence-corrected chi connectivity index (χ3v) is 6.82. The molecule has 1 aromatic carbocycles. The van der Waals surface area contributed by atoms with E-state index in [9.17, 15) is 8.42 Å². The van der Waals surface area contributed by atoms with Crippen LogP contribution < -0.4 is 21.3 Å². The summed E-state index contributed by atoms with van der Waals surface area (Å²) in [5.74, 6) is 1.02.